The summed E-state index contributed by atoms with van der Waals surface area (Å²) >= 11 is 0. The zero-order valence-electron chi connectivity index (χ0n) is 19.2. The number of carbonyl (C=O) groups excluding carboxylic acids is 1. The van der Waals surface area contributed by atoms with E-state index in [1.807, 2.05) is 60.3 Å². The Labute approximate surface area is 189 Å². The lowest BCUT2D eigenvalue weighted by molar-refractivity contribution is 0.0930. The minimum absolute atomic E-state index is 0.0451. The normalized spacial score (nSPS) is 12.0. The van der Waals surface area contributed by atoms with Crippen LogP contribution in [0.1, 0.15) is 40.5 Å². The van der Waals surface area contributed by atoms with Gasteiger partial charge in [-0.05, 0) is 69.0 Å². The molecule has 32 heavy (non-hydrogen) atoms. The average molecular weight is 427 g/mol. The summed E-state index contributed by atoms with van der Waals surface area (Å²) in [6.45, 7) is 6.17. The van der Waals surface area contributed by atoms with Crippen LogP contribution in [0.25, 0.3) is 17.1 Å². The Morgan fingerprint density at radius 2 is 1.81 bits per heavy atom. The van der Waals surface area contributed by atoms with Crippen LogP contribution in [-0.4, -0.2) is 26.3 Å². The van der Waals surface area contributed by atoms with Crippen molar-refractivity contribution in [3.8, 4) is 17.1 Å². The molecular formula is C27H30N4O. The van der Waals surface area contributed by atoms with Gasteiger partial charge in [0, 0.05) is 19.3 Å². The molecule has 1 N–H and O–H groups in total. The number of hydrogen-bond donors (Lipinski definition) is 1. The van der Waals surface area contributed by atoms with Crippen molar-refractivity contribution in [3.63, 3.8) is 0 Å². The molecule has 2 aromatic carbocycles. The Morgan fingerprint density at radius 3 is 2.50 bits per heavy atom. The lowest BCUT2D eigenvalue weighted by Crippen LogP contribution is -2.34. The monoisotopic (exact) mass is 426 g/mol. The summed E-state index contributed by atoms with van der Waals surface area (Å²) in [5.74, 6) is -0.113. The van der Waals surface area contributed by atoms with Gasteiger partial charge in [-0.1, -0.05) is 48.0 Å². The Bertz CT molecular complexity index is 1220. The molecule has 4 rings (SSSR count). The number of nitrogens with one attached hydrogen (secondary N) is 1. The van der Waals surface area contributed by atoms with E-state index in [4.69, 9.17) is 5.10 Å². The molecular weight excluding hydrogens is 396 g/mol. The number of carbonyl (C=O) groups is 1. The zero-order chi connectivity index (χ0) is 22.7. The summed E-state index contributed by atoms with van der Waals surface area (Å²) in [6.07, 6.45) is 3.78. The highest BCUT2D eigenvalue weighted by atomic mass is 16.2. The molecule has 0 radical (unpaired) electrons. The van der Waals surface area contributed by atoms with E-state index >= 15 is 0 Å². The van der Waals surface area contributed by atoms with Crippen LogP contribution in [0.3, 0.4) is 0 Å². The van der Waals surface area contributed by atoms with Crippen LogP contribution in [-0.2, 0) is 13.5 Å². The van der Waals surface area contributed by atoms with Gasteiger partial charge in [-0.2, -0.15) is 5.10 Å². The predicted molar refractivity (Wildman–Crippen MR) is 129 cm³/mol. The first-order chi connectivity index (χ1) is 15.4. The van der Waals surface area contributed by atoms with Gasteiger partial charge in [-0.25, -0.2) is 4.68 Å². The van der Waals surface area contributed by atoms with Gasteiger partial charge >= 0.3 is 0 Å². The maximum absolute atomic E-state index is 13.3. The van der Waals surface area contributed by atoms with E-state index in [1.165, 1.54) is 11.1 Å². The largest absolute Gasteiger partial charge is 0.349 e. The van der Waals surface area contributed by atoms with Crippen molar-refractivity contribution in [1.29, 1.82) is 0 Å². The summed E-state index contributed by atoms with van der Waals surface area (Å²) in [5, 5.41) is 8.01. The highest BCUT2D eigenvalue weighted by Crippen LogP contribution is 2.24. The van der Waals surface area contributed by atoms with Crippen LogP contribution in [0.5, 0.6) is 0 Å². The van der Waals surface area contributed by atoms with Gasteiger partial charge in [0.15, 0.2) is 0 Å². The minimum atomic E-state index is -0.113. The number of aromatic nitrogens is 3. The van der Waals surface area contributed by atoms with E-state index in [0.29, 0.717) is 5.69 Å². The molecule has 1 amide bonds. The number of benzene rings is 2. The molecule has 5 heteroatoms. The topological polar surface area (TPSA) is 51.9 Å². The molecule has 2 aromatic heterocycles. The third kappa shape index (κ3) is 4.67. The van der Waals surface area contributed by atoms with Crippen LogP contribution in [0.15, 0.2) is 72.9 Å². The van der Waals surface area contributed by atoms with Crippen molar-refractivity contribution in [2.45, 2.75) is 39.7 Å². The Kier molecular flexibility index (Phi) is 6.26. The maximum atomic E-state index is 13.3. The lowest BCUT2D eigenvalue weighted by Gasteiger charge is -2.15. The highest BCUT2D eigenvalue weighted by molar-refractivity contribution is 5.94. The highest BCUT2D eigenvalue weighted by Gasteiger charge is 2.21. The van der Waals surface area contributed by atoms with Gasteiger partial charge in [-0.15, -0.1) is 0 Å². The number of aryl methyl sites for hydroxylation is 4. The Hall–Kier alpha value is -3.60. The summed E-state index contributed by atoms with van der Waals surface area (Å²) in [5.41, 5.74) is 6.75. The molecule has 0 spiro atoms. The van der Waals surface area contributed by atoms with E-state index in [0.717, 1.165) is 35.5 Å². The second kappa shape index (κ2) is 9.27. The summed E-state index contributed by atoms with van der Waals surface area (Å²) < 4.78 is 3.79. The third-order valence-electron chi connectivity index (χ3n) is 5.82. The maximum Gasteiger partial charge on any atom is 0.270 e. The molecule has 0 aliphatic heterocycles. The molecule has 164 valence electrons. The predicted octanol–water partition coefficient (Wildman–Crippen LogP) is 5.25. The van der Waals surface area contributed by atoms with Gasteiger partial charge in [0.25, 0.3) is 5.91 Å². The SMILES string of the molecule is Cc1ccc(-n2nc(-c3cccn3C)cc2C(=O)N[C@@H](C)CCc2ccccc2)c(C)c1. The standard InChI is InChI=1S/C27H30N4O/c1-19-12-15-24(20(2)17-19)31-26(18-23(29-31)25-11-8-16-30(25)4)27(32)28-21(3)13-14-22-9-6-5-7-10-22/h5-12,15-18,21H,13-14H2,1-4H3,(H,28,32)/t21-/m0/s1. The Balaban J connectivity index is 1.61. The zero-order valence-corrected chi connectivity index (χ0v) is 19.2. The van der Waals surface area contributed by atoms with E-state index in [2.05, 4.69) is 50.4 Å². The Morgan fingerprint density at radius 1 is 1.03 bits per heavy atom. The van der Waals surface area contributed by atoms with E-state index in [1.54, 1.807) is 4.68 Å². The van der Waals surface area contributed by atoms with Crippen molar-refractivity contribution >= 4 is 5.91 Å². The molecule has 1 atom stereocenters. The van der Waals surface area contributed by atoms with Crippen LogP contribution in [0.4, 0.5) is 0 Å². The van der Waals surface area contributed by atoms with Gasteiger partial charge < -0.3 is 9.88 Å². The molecule has 5 nitrogen and oxygen atoms in total. The molecule has 2 heterocycles. The molecule has 0 saturated heterocycles. The van der Waals surface area contributed by atoms with Crippen LogP contribution in [0.2, 0.25) is 0 Å². The lowest BCUT2D eigenvalue weighted by atomic mass is 10.1. The molecule has 0 bridgehead atoms. The van der Waals surface area contributed by atoms with Crippen molar-refractivity contribution in [2.24, 2.45) is 7.05 Å². The first kappa shape index (κ1) is 21.6. The van der Waals surface area contributed by atoms with Crippen molar-refractivity contribution < 1.29 is 4.79 Å². The molecule has 0 aliphatic carbocycles. The molecule has 0 aliphatic rings. The number of amides is 1. The molecule has 0 saturated carbocycles. The van der Waals surface area contributed by atoms with Crippen molar-refractivity contribution in [3.05, 3.63) is 95.3 Å². The van der Waals surface area contributed by atoms with Crippen LogP contribution < -0.4 is 5.32 Å². The third-order valence-corrected chi connectivity index (χ3v) is 5.82. The number of rotatable bonds is 7. The first-order valence-corrected chi connectivity index (χ1v) is 11.1. The number of hydrogen-bond acceptors (Lipinski definition) is 2. The molecule has 0 fully saturated rings. The van der Waals surface area contributed by atoms with Gasteiger partial charge in [0.2, 0.25) is 0 Å². The quantitative estimate of drug-likeness (QED) is 0.439. The smallest absolute Gasteiger partial charge is 0.270 e. The fourth-order valence-electron chi connectivity index (χ4n) is 4.02. The second-order valence-electron chi connectivity index (χ2n) is 8.52. The average Bonchev–Trinajstić information content (AvgIpc) is 3.39. The summed E-state index contributed by atoms with van der Waals surface area (Å²) in [4.78, 5) is 13.3. The van der Waals surface area contributed by atoms with Gasteiger partial charge in [-0.3, -0.25) is 4.79 Å². The number of nitrogens with zero attached hydrogens (tertiary/aromatic N) is 3. The van der Waals surface area contributed by atoms with Crippen molar-refractivity contribution in [1.82, 2.24) is 19.7 Å². The fraction of sp³-hybridized carbons (Fsp3) is 0.259. The van der Waals surface area contributed by atoms with Crippen LogP contribution in [0, 0.1) is 13.8 Å². The summed E-state index contributed by atoms with van der Waals surface area (Å²) in [7, 11) is 1.98. The van der Waals surface area contributed by atoms with Gasteiger partial charge in [0.1, 0.15) is 11.4 Å². The van der Waals surface area contributed by atoms with Crippen molar-refractivity contribution in [2.75, 3.05) is 0 Å². The first-order valence-electron chi connectivity index (χ1n) is 11.1. The van der Waals surface area contributed by atoms with E-state index < -0.39 is 0 Å². The summed E-state index contributed by atoms with van der Waals surface area (Å²) in [6, 6.07) is 22.5. The minimum Gasteiger partial charge on any atom is -0.349 e. The molecule has 0 unspecified atom stereocenters. The van der Waals surface area contributed by atoms with E-state index in [-0.39, 0.29) is 11.9 Å². The molecule has 4 aromatic rings. The van der Waals surface area contributed by atoms with E-state index in [9.17, 15) is 4.79 Å². The van der Waals surface area contributed by atoms with Crippen LogP contribution >= 0.6 is 0 Å². The second-order valence-corrected chi connectivity index (χ2v) is 8.52. The fourth-order valence-corrected chi connectivity index (χ4v) is 4.02. The van der Waals surface area contributed by atoms with Gasteiger partial charge in [0.05, 0.1) is 11.4 Å².